The number of fused-ring (bicyclic) bond motifs is 5. The van der Waals surface area contributed by atoms with Crippen molar-refractivity contribution < 1.29 is 24.6 Å². The number of hydrogen-bond donors (Lipinski definition) is 2. The van der Waals surface area contributed by atoms with E-state index in [4.69, 9.17) is 5.11 Å². The third-order valence-corrected chi connectivity index (χ3v) is 10.4. The number of carbonyl (C=O) groups excluding carboxylic acids is 2. The maximum atomic E-state index is 12.2. The fourth-order valence-electron chi connectivity index (χ4n) is 8.43. The SMILES string of the molecule is CC(C(=O)O)C(=O)CCC(C)[C@H]1CC[C@H]2[C@@H]3[C@H](O)CC4=CC(=O)CC[C@]4(C)[C@H]3CC[C@]12C. The molecule has 0 bridgehead atoms. The molecule has 0 aromatic carbocycles. The molecule has 32 heavy (non-hydrogen) atoms. The van der Waals surface area contributed by atoms with Crippen molar-refractivity contribution in [2.45, 2.75) is 91.6 Å². The summed E-state index contributed by atoms with van der Waals surface area (Å²) in [7, 11) is 0. The minimum absolute atomic E-state index is 0.0439. The highest BCUT2D eigenvalue weighted by molar-refractivity contribution is 5.97. The summed E-state index contributed by atoms with van der Waals surface area (Å²) in [6.45, 7) is 8.46. The van der Waals surface area contributed by atoms with Crippen molar-refractivity contribution in [2.75, 3.05) is 0 Å². The molecule has 2 unspecified atom stereocenters. The first-order valence-corrected chi connectivity index (χ1v) is 12.7. The predicted octanol–water partition coefficient (Wildman–Crippen LogP) is 4.81. The Morgan fingerprint density at radius 1 is 1.12 bits per heavy atom. The number of hydrogen-bond acceptors (Lipinski definition) is 4. The number of aliphatic hydroxyl groups excluding tert-OH is 1. The van der Waals surface area contributed by atoms with Crippen LogP contribution >= 0.6 is 0 Å². The van der Waals surface area contributed by atoms with Crippen LogP contribution in [0.25, 0.3) is 0 Å². The zero-order chi connectivity index (χ0) is 23.4. The van der Waals surface area contributed by atoms with Crippen molar-refractivity contribution in [3.8, 4) is 0 Å². The third-order valence-electron chi connectivity index (χ3n) is 10.4. The van der Waals surface area contributed by atoms with Gasteiger partial charge in [-0.15, -0.1) is 0 Å². The molecule has 0 spiro atoms. The number of carboxylic acid groups (broad SMARTS) is 1. The van der Waals surface area contributed by atoms with Gasteiger partial charge in [-0.1, -0.05) is 26.3 Å². The summed E-state index contributed by atoms with van der Waals surface area (Å²) in [5.74, 6) is 0.162. The van der Waals surface area contributed by atoms with E-state index in [2.05, 4.69) is 20.8 Å². The van der Waals surface area contributed by atoms with Gasteiger partial charge in [-0.3, -0.25) is 14.4 Å². The van der Waals surface area contributed by atoms with Gasteiger partial charge in [-0.25, -0.2) is 0 Å². The first kappa shape index (κ1) is 23.7. The van der Waals surface area contributed by atoms with Crippen LogP contribution in [0.4, 0.5) is 0 Å². The van der Waals surface area contributed by atoms with Gasteiger partial charge in [0.1, 0.15) is 11.7 Å². The van der Waals surface area contributed by atoms with E-state index in [0.717, 1.165) is 38.5 Å². The van der Waals surface area contributed by atoms with Crippen LogP contribution in [0.1, 0.15) is 85.5 Å². The van der Waals surface area contributed by atoms with Crippen LogP contribution in [0.15, 0.2) is 11.6 Å². The molecular formula is C27H40O5. The average Bonchev–Trinajstić information content (AvgIpc) is 3.09. The Morgan fingerprint density at radius 2 is 1.84 bits per heavy atom. The first-order valence-electron chi connectivity index (χ1n) is 12.7. The molecule has 9 atom stereocenters. The molecule has 3 saturated carbocycles. The quantitative estimate of drug-likeness (QED) is 0.574. The molecule has 0 heterocycles. The van der Waals surface area contributed by atoms with Crippen LogP contribution in [0, 0.1) is 46.3 Å². The Hall–Kier alpha value is -1.49. The lowest BCUT2D eigenvalue weighted by Crippen LogP contribution is -2.55. The minimum atomic E-state index is -1.04. The van der Waals surface area contributed by atoms with Gasteiger partial charge in [-0.05, 0) is 98.4 Å². The maximum Gasteiger partial charge on any atom is 0.313 e. The lowest BCUT2D eigenvalue weighted by Gasteiger charge is -2.59. The molecule has 5 nitrogen and oxygen atoms in total. The van der Waals surface area contributed by atoms with E-state index in [1.807, 2.05) is 6.08 Å². The molecule has 4 aliphatic rings. The van der Waals surface area contributed by atoms with E-state index < -0.39 is 11.9 Å². The number of rotatable bonds is 6. The normalized spacial score (nSPS) is 42.8. The lowest BCUT2D eigenvalue weighted by atomic mass is 9.45. The van der Waals surface area contributed by atoms with E-state index in [-0.39, 0.29) is 34.4 Å². The number of aliphatic hydroxyl groups is 1. The Kier molecular flexibility index (Phi) is 6.19. The van der Waals surface area contributed by atoms with Crippen LogP contribution in [0.3, 0.4) is 0 Å². The fourth-order valence-corrected chi connectivity index (χ4v) is 8.43. The van der Waals surface area contributed by atoms with Crippen LogP contribution < -0.4 is 0 Å². The summed E-state index contributed by atoms with van der Waals surface area (Å²) in [5.41, 5.74) is 1.38. The van der Waals surface area contributed by atoms with E-state index in [1.54, 1.807) is 0 Å². The summed E-state index contributed by atoms with van der Waals surface area (Å²) in [6.07, 6.45) is 9.20. The Labute approximate surface area is 192 Å². The zero-order valence-corrected chi connectivity index (χ0v) is 20.1. The Morgan fingerprint density at radius 3 is 2.53 bits per heavy atom. The van der Waals surface area contributed by atoms with Crippen molar-refractivity contribution in [1.82, 2.24) is 0 Å². The summed E-state index contributed by atoms with van der Waals surface area (Å²) < 4.78 is 0. The van der Waals surface area contributed by atoms with Gasteiger partial charge in [0.15, 0.2) is 5.78 Å². The summed E-state index contributed by atoms with van der Waals surface area (Å²) in [4.78, 5) is 35.4. The maximum absolute atomic E-state index is 12.2. The highest BCUT2D eigenvalue weighted by atomic mass is 16.4. The van der Waals surface area contributed by atoms with Crippen molar-refractivity contribution in [3.05, 3.63) is 11.6 Å². The van der Waals surface area contributed by atoms with Crippen molar-refractivity contribution in [2.24, 2.45) is 46.3 Å². The van der Waals surface area contributed by atoms with Crippen molar-refractivity contribution in [3.63, 3.8) is 0 Å². The van der Waals surface area contributed by atoms with Gasteiger partial charge in [0.2, 0.25) is 0 Å². The number of carboxylic acids is 1. The standard InChI is InChI=1S/C27H40O5/c1-15(5-8-22(29)16(2)25(31)32)19-6-7-20-24-21(10-12-27(19,20)4)26(3)11-9-18(28)13-17(26)14-23(24)30/h13,15-16,19-21,23-24,30H,5-12,14H2,1-4H3,(H,31,32)/t15?,16?,19-,20+,21+,23-,24+,26+,27-/m1/s1. The lowest BCUT2D eigenvalue weighted by molar-refractivity contribution is -0.145. The van der Waals surface area contributed by atoms with Crippen molar-refractivity contribution in [1.29, 1.82) is 0 Å². The average molecular weight is 445 g/mol. The number of aliphatic carboxylic acids is 1. The molecule has 3 fully saturated rings. The van der Waals surface area contributed by atoms with Crippen LogP contribution in [-0.4, -0.2) is 33.9 Å². The molecule has 2 N–H and O–H groups in total. The topological polar surface area (TPSA) is 91.7 Å². The number of carbonyl (C=O) groups is 3. The summed E-state index contributed by atoms with van der Waals surface area (Å²) >= 11 is 0. The van der Waals surface area contributed by atoms with Gasteiger partial charge in [0.05, 0.1) is 6.10 Å². The van der Waals surface area contributed by atoms with Gasteiger partial charge in [0.25, 0.3) is 0 Å². The fraction of sp³-hybridized carbons (Fsp3) is 0.815. The second-order valence-corrected chi connectivity index (χ2v) is 11.9. The molecule has 178 valence electrons. The van der Waals surface area contributed by atoms with Gasteiger partial charge < -0.3 is 10.2 Å². The second kappa shape index (κ2) is 8.38. The Bertz CT molecular complexity index is 830. The summed E-state index contributed by atoms with van der Waals surface area (Å²) in [5, 5.41) is 20.4. The largest absolute Gasteiger partial charge is 0.481 e. The van der Waals surface area contributed by atoms with Crippen LogP contribution in [-0.2, 0) is 14.4 Å². The number of Topliss-reactive ketones (excluding diaryl/α,β-unsaturated/α-hetero) is 1. The van der Waals surface area contributed by atoms with Gasteiger partial charge in [0, 0.05) is 12.8 Å². The predicted molar refractivity (Wildman–Crippen MR) is 122 cm³/mol. The molecule has 0 saturated heterocycles. The minimum Gasteiger partial charge on any atom is -0.481 e. The van der Waals surface area contributed by atoms with Crippen molar-refractivity contribution >= 4 is 17.5 Å². The van der Waals surface area contributed by atoms with E-state index in [9.17, 15) is 19.5 Å². The zero-order valence-electron chi connectivity index (χ0n) is 20.1. The molecule has 0 aromatic heterocycles. The Balaban J connectivity index is 1.50. The van der Waals surface area contributed by atoms with E-state index in [0.29, 0.717) is 42.9 Å². The van der Waals surface area contributed by atoms with Gasteiger partial charge in [-0.2, -0.15) is 0 Å². The monoisotopic (exact) mass is 444 g/mol. The molecule has 0 radical (unpaired) electrons. The molecular weight excluding hydrogens is 404 g/mol. The highest BCUT2D eigenvalue weighted by Gasteiger charge is 2.61. The molecule has 0 amide bonds. The van der Waals surface area contributed by atoms with Crippen LogP contribution in [0.2, 0.25) is 0 Å². The molecule has 5 heteroatoms. The molecule has 4 rings (SSSR count). The first-order chi connectivity index (χ1) is 15.0. The molecule has 4 aliphatic carbocycles. The summed E-state index contributed by atoms with van der Waals surface area (Å²) in [6, 6.07) is 0. The third kappa shape index (κ3) is 3.69. The van der Waals surface area contributed by atoms with E-state index >= 15 is 0 Å². The highest BCUT2D eigenvalue weighted by Crippen LogP contribution is 2.67. The van der Waals surface area contributed by atoms with E-state index in [1.165, 1.54) is 12.5 Å². The van der Waals surface area contributed by atoms with Crippen LogP contribution in [0.5, 0.6) is 0 Å². The second-order valence-electron chi connectivity index (χ2n) is 11.9. The molecule has 0 aromatic rings. The smallest absolute Gasteiger partial charge is 0.313 e. The van der Waals surface area contributed by atoms with Gasteiger partial charge >= 0.3 is 5.97 Å². The number of ketones is 2. The molecule has 0 aliphatic heterocycles.